The van der Waals surface area contributed by atoms with Gasteiger partial charge in [-0.05, 0) is 43.2 Å². The Balaban J connectivity index is 1.30. The van der Waals surface area contributed by atoms with Crippen LogP contribution in [0.2, 0.25) is 0 Å². The molecule has 1 saturated carbocycles. The van der Waals surface area contributed by atoms with Crippen LogP contribution in [0.25, 0.3) is 0 Å². The van der Waals surface area contributed by atoms with Gasteiger partial charge in [0.2, 0.25) is 6.79 Å². The van der Waals surface area contributed by atoms with Crippen LogP contribution < -0.4 is 9.47 Å². The van der Waals surface area contributed by atoms with Gasteiger partial charge in [0.25, 0.3) is 0 Å². The molecule has 38 heavy (non-hydrogen) atoms. The molecular formula is C31H46O7. The van der Waals surface area contributed by atoms with Crippen LogP contribution >= 0.6 is 0 Å². The van der Waals surface area contributed by atoms with Crippen LogP contribution in [0.3, 0.4) is 0 Å². The molecule has 0 spiro atoms. The fourth-order valence-corrected chi connectivity index (χ4v) is 7.10. The van der Waals surface area contributed by atoms with Crippen molar-refractivity contribution >= 4 is 11.9 Å². The maximum absolute atomic E-state index is 13.0. The van der Waals surface area contributed by atoms with Gasteiger partial charge in [0.1, 0.15) is 0 Å². The van der Waals surface area contributed by atoms with E-state index in [4.69, 9.17) is 18.9 Å². The Morgan fingerprint density at radius 1 is 1.03 bits per heavy atom. The zero-order valence-corrected chi connectivity index (χ0v) is 23.5. The number of unbranched alkanes of at least 4 members (excludes halogenated alkanes) is 8. The molecule has 7 heteroatoms. The van der Waals surface area contributed by atoms with E-state index in [1.54, 1.807) is 0 Å². The molecule has 1 N–H and O–H groups in total. The van der Waals surface area contributed by atoms with E-state index in [2.05, 4.69) is 20.8 Å². The van der Waals surface area contributed by atoms with Crippen LogP contribution in [0.5, 0.6) is 11.5 Å². The van der Waals surface area contributed by atoms with E-state index in [0.29, 0.717) is 37.4 Å². The van der Waals surface area contributed by atoms with Crippen molar-refractivity contribution in [3.63, 3.8) is 0 Å². The van der Waals surface area contributed by atoms with Crippen molar-refractivity contribution in [1.29, 1.82) is 0 Å². The smallest absolute Gasteiger partial charge is 0.477 e. The Labute approximate surface area is 227 Å². The summed E-state index contributed by atoms with van der Waals surface area (Å²) in [5, 5.41) is 12.0. The molecule has 1 heterocycles. The molecule has 4 rings (SSSR count). The molecule has 4 atom stereocenters. The molecule has 2 aliphatic carbocycles. The predicted octanol–water partition coefficient (Wildman–Crippen LogP) is 6.79. The minimum atomic E-state index is -1.01. The number of hydrogen-bond acceptors (Lipinski definition) is 7. The van der Waals surface area contributed by atoms with Crippen molar-refractivity contribution in [2.75, 3.05) is 13.4 Å². The number of rotatable bonds is 15. The third-order valence-electron chi connectivity index (χ3n) is 9.00. The molecule has 0 aromatic heterocycles. The third kappa shape index (κ3) is 5.41. The zero-order chi connectivity index (χ0) is 27.2. The topological polar surface area (TPSA) is 91.3 Å². The average molecular weight is 531 g/mol. The Hall–Kier alpha value is -2.28. The second-order valence-corrected chi connectivity index (χ2v) is 11.5. The minimum Gasteiger partial charge on any atom is -0.477 e. The first kappa shape index (κ1) is 28.7. The van der Waals surface area contributed by atoms with E-state index in [1.165, 1.54) is 38.5 Å². The van der Waals surface area contributed by atoms with Gasteiger partial charge in [-0.1, -0.05) is 84.6 Å². The number of benzene rings is 1. The number of carbonyl (C=O) groups is 2. The lowest BCUT2D eigenvalue weighted by molar-refractivity contribution is -0.164. The average Bonchev–Trinajstić information content (AvgIpc) is 3.26. The van der Waals surface area contributed by atoms with Crippen LogP contribution in [0.15, 0.2) is 12.1 Å². The number of ketones is 1. The highest BCUT2D eigenvalue weighted by Crippen LogP contribution is 2.64. The third-order valence-corrected chi connectivity index (χ3v) is 9.00. The highest BCUT2D eigenvalue weighted by atomic mass is 16.8. The lowest BCUT2D eigenvalue weighted by Crippen LogP contribution is -2.67. The molecular weight excluding hydrogens is 484 g/mol. The minimum absolute atomic E-state index is 0.0161. The number of aliphatic hydroxyl groups is 1. The predicted molar refractivity (Wildman–Crippen MR) is 145 cm³/mol. The van der Waals surface area contributed by atoms with Gasteiger partial charge in [0.15, 0.2) is 23.4 Å². The molecule has 0 saturated heterocycles. The molecule has 7 nitrogen and oxygen atoms in total. The molecule has 3 aliphatic rings. The summed E-state index contributed by atoms with van der Waals surface area (Å²) in [5.74, 6) is 0.974. The summed E-state index contributed by atoms with van der Waals surface area (Å²) in [6.45, 7) is 6.40. The molecule has 0 bridgehead atoms. The maximum atomic E-state index is 13.0. The Morgan fingerprint density at radius 2 is 1.74 bits per heavy atom. The van der Waals surface area contributed by atoms with Gasteiger partial charge in [0, 0.05) is 12.0 Å². The van der Waals surface area contributed by atoms with E-state index in [9.17, 15) is 14.7 Å². The number of Topliss-reactive ketones (excluding diaryl/α,β-unsaturated/α-hetero) is 1. The highest BCUT2D eigenvalue weighted by molar-refractivity contribution is 5.89. The first-order valence-corrected chi connectivity index (χ1v) is 14.9. The number of ether oxygens (including phenoxy) is 4. The largest absolute Gasteiger partial charge is 0.511 e. The van der Waals surface area contributed by atoms with E-state index in [1.807, 2.05) is 12.1 Å². The standard InChI is InChI=1S/C31H46O7/c1-4-6-7-8-9-10-11-12-13-19-35-29(33)37-21-36-25-15-14-23-20-22(3)31(34)18-16-24(32)28-30(31,17-5-2)26(23)27(25)38-28/h14-15,22,28,34H,4-13,16-21H2,1-3H3. The summed E-state index contributed by atoms with van der Waals surface area (Å²) in [6, 6.07) is 3.80. The van der Waals surface area contributed by atoms with Crippen LogP contribution in [0.1, 0.15) is 115 Å². The number of hydrogen-bond donors (Lipinski definition) is 1. The van der Waals surface area contributed by atoms with Crippen molar-refractivity contribution in [3.05, 3.63) is 23.3 Å². The molecule has 1 aromatic carbocycles. The van der Waals surface area contributed by atoms with Gasteiger partial charge in [0.05, 0.1) is 17.6 Å². The summed E-state index contributed by atoms with van der Waals surface area (Å²) >= 11 is 0. The van der Waals surface area contributed by atoms with Crippen molar-refractivity contribution < 1.29 is 33.6 Å². The summed E-state index contributed by atoms with van der Waals surface area (Å²) in [7, 11) is 0. The summed E-state index contributed by atoms with van der Waals surface area (Å²) < 4.78 is 22.5. The van der Waals surface area contributed by atoms with Gasteiger partial charge < -0.3 is 24.1 Å². The number of carbonyl (C=O) groups excluding carboxylic acids is 2. The summed E-state index contributed by atoms with van der Waals surface area (Å²) in [4.78, 5) is 25.1. The lowest BCUT2D eigenvalue weighted by atomic mass is 9.49. The quantitative estimate of drug-likeness (QED) is 0.152. The molecule has 1 aromatic rings. The van der Waals surface area contributed by atoms with E-state index >= 15 is 0 Å². The lowest BCUT2D eigenvalue weighted by Gasteiger charge is -2.56. The van der Waals surface area contributed by atoms with Gasteiger partial charge in [-0.25, -0.2) is 4.79 Å². The molecule has 1 fully saturated rings. The van der Waals surface area contributed by atoms with Crippen molar-refractivity contribution in [1.82, 2.24) is 0 Å². The van der Waals surface area contributed by atoms with Gasteiger partial charge in [-0.2, -0.15) is 0 Å². The van der Waals surface area contributed by atoms with Gasteiger partial charge in [-0.15, -0.1) is 0 Å². The molecule has 1 aliphatic heterocycles. The Bertz CT molecular complexity index is 975. The van der Waals surface area contributed by atoms with Crippen LogP contribution in [0.4, 0.5) is 4.79 Å². The zero-order valence-electron chi connectivity index (χ0n) is 23.5. The Kier molecular flexibility index (Phi) is 9.61. The van der Waals surface area contributed by atoms with E-state index in [-0.39, 0.29) is 18.5 Å². The van der Waals surface area contributed by atoms with E-state index < -0.39 is 23.3 Å². The fraction of sp³-hybridized carbons (Fsp3) is 0.742. The molecule has 0 amide bonds. The molecule has 212 valence electrons. The van der Waals surface area contributed by atoms with Crippen LogP contribution in [-0.2, 0) is 26.1 Å². The molecule has 4 unspecified atom stereocenters. The SMILES string of the molecule is CCCCCCCCCCCOC(=O)OCOc1ccc2c3c1OC1C(=O)CCC(O)(C(C)C2)C31CCC. The summed E-state index contributed by atoms with van der Waals surface area (Å²) in [5.41, 5.74) is 0.224. The van der Waals surface area contributed by atoms with Crippen LogP contribution in [0, 0.1) is 5.92 Å². The van der Waals surface area contributed by atoms with Crippen LogP contribution in [-0.4, -0.2) is 42.1 Å². The van der Waals surface area contributed by atoms with Crippen molar-refractivity contribution in [2.45, 2.75) is 128 Å². The fourth-order valence-electron chi connectivity index (χ4n) is 7.10. The molecule has 0 radical (unpaired) electrons. The van der Waals surface area contributed by atoms with Gasteiger partial charge in [-0.3, -0.25) is 4.79 Å². The highest BCUT2D eigenvalue weighted by Gasteiger charge is 2.69. The first-order valence-electron chi connectivity index (χ1n) is 14.9. The van der Waals surface area contributed by atoms with Gasteiger partial charge >= 0.3 is 6.16 Å². The Morgan fingerprint density at radius 3 is 2.45 bits per heavy atom. The van der Waals surface area contributed by atoms with Crippen molar-refractivity contribution in [3.8, 4) is 11.5 Å². The normalized spacial score (nSPS) is 27.0. The van der Waals surface area contributed by atoms with E-state index in [0.717, 1.165) is 43.2 Å². The second kappa shape index (κ2) is 12.7. The van der Waals surface area contributed by atoms with Crippen molar-refractivity contribution in [2.24, 2.45) is 5.92 Å². The summed E-state index contributed by atoms with van der Waals surface area (Å²) in [6.07, 6.45) is 12.2. The monoisotopic (exact) mass is 530 g/mol. The first-order chi connectivity index (χ1) is 18.4. The second-order valence-electron chi connectivity index (χ2n) is 11.5. The maximum Gasteiger partial charge on any atom is 0.511 e.